The summed E-state index contributed by atoms with van der Waals surface area (Å²) < 4.78 is 0. The highest BCUT2D eigenvalue weighted by atomic mass is 16.2. The number of H-pyrrole nitrogens is 1. The van der Waals surface area contributed by atoms with E-state index in [0.717, 1.165) is 23.5 Å². The number of fused-ring (bicyclic) bond motifs is 1. The highest BCUT2D eigenvalue weighted by molar-refractivity contribution is 5.84. The van der Waals surface area contributed by atoms with Crippen molar-refractivity contribution in [2.45, 2.75) is 58.3 Å². The molecule has 2 N–H and O–H groups in total. The van der Waals surface area contributed by atoms with Crippen molar-refractivity contribution in [3.8, 4) is 0 Å². The number of nitrogens with one attached hydrogen (secondary N) is 2. The Morgan fingerprint density at radius 3 is 2.24 bits per heavy atom. The Kier molecular flexibility index (Phi) is 7.37. The molecule has 0 aliphatic carbocycles. The molecule has 0 bridgehead atoms. The fourth-order valence-corrected chi connectivity index (χ4v) is 5.44. The summed E-state index contributed by atoms with van der Waals surface area (Å²) in [5, 5.41) is 1.84. The summed E-state index contributed by atoms with van der Waals surface area (Å²) in [6, 6.07) is 27.5. The van der Waals surface area contributed by atoms with Gasteiger partial charge in [-0.05, 0) is 59.9 Å². The maximum absolute atomic E-state index is 14.3. The number of nitrogens with zero attached hydrogens (tertiary/aromatic N) is 2. The molecule has 4 aromatic rings. The van der Waals surface area contributed by atoms with Gasteiger partial charge in [-0.15, -0.1) is 0 Å². The molecule has 5 rings (SSSR count). The van der Waals surface area contributed by atoms with Crippen molar-refractivity contribution in [3.05, 3.63) is 119 Å². The lowest BCUT2D eigenvalue weighted by Gasteiger charge is -2.28. The number of hydrogen-bond donors (Lipinski definition) is 2. The van der Waals surface area contributed by atoms with E-state index < -0.39 is 0 Å². The van der Waals surface area contributed by atoms with Crippen LogP contribution in [0.25, 0.3) is 0 Å². The average molecular weight is 507 g/mol. The van der Waals surface area contributed by atoms with Gasteiger partial charge in [-0.3, -0.25) is 15.2 Å². The Bertz CT molecular complexity index is 1370. The predicted molar refractivity (Wildman–Crippen MR) is 154 cm³/mol. The minimum absolute atomic E-state index is 0.00258. The van der Waals surface area contributed by atoms with Gasteiger partial charge in [-0.25, -0.2) is 4.98 Å². The summed E-state index contributed by atoms with van der Waals surface area (Å²) in [4.78, 5) is 22.2. The van der Waals surface area contributed by atoms with Crippen LogP contribution in [0.15, 0.2) is 85.2 Å². The molecule has 1 aromatic heterocycles. The average Bonchev–Trinajstić information content (AvgIpc) is 3.28. The summed E-state index contributed by atoms with van der Waals surface area (Å²) in [6.45, 7) is 9.34. The maximum Gasteiger partial charge on any atom is 0.244 e. The first-order valence-electron chi connectivity index (χ1n) is 13.6. The molecule has 38 heavy (non-hydrogen) atoms. The number of anilines is 1. The fraction of sp³-hybridized carbons (Fsp3) is 0.333. The third kappa shape index (κ3) is 5.67. The molecular weight excluding hydrogens is 468 g/mol. The molecule has 2 atom stereocenters. The van der Waals surface area contributed by atoms with Gasteiger partial charge in [0.25, 0.3) is 0 Å². The molecule has 196 valence electrons. The number of amides is 1. The normalized spacial score (nSPS) is 17.6. The van der Waals surface area contributed by atoms with E-state index in [4.69, 9.17) is 0 Å². The van der Waals surface area contributed by atoms with Crippen LogP contribution in [0.5, 0.6) is 0 Å². The van der Waals surface area contributed by atoms with E-state index in [-0.39, 0.29) is 23.2 Å². The Hall–Kier alpha value is -3.86. The number of aryl methyl sites for hydroxylation is 1. The van der Waals surface area contributed by atoms with Crippen molar-refractivity contribution in [1.29, 1.82) is 0 Å². The van der Waals surface area contributed by atoms with Gasteiger partial charge in [-0.1, -0.05) is 93.6 Å². The molecule has 0 saturated carbocycles. The number of aromatic amines is 1. The zero-order chi connectivity index (χ0) is 26.7. The topological polar surface area (TPSA) is 61.0 Å². The van der Waals surface area contributed by atoms with E-state index in [1.165, 1.54) is 22.3 Å². The lowest BCUT2D eigenvalue weighted by molar-refractivity contribution is -0.134. The van der Waals surface area contributed by atoms with Crippen LogP contribution in [0.2, 0.25) is 0 Å². The summed E-state index contributed by atoms with van der Waals surface area (Å²) >= 11 is 0. The predicted octanol–water partition coefficient (Wildman–Crippen LogP) is 6.61. The third-order valence-electron chi connectivity index (χ3n) is 7.77. The van der Waals surface area contributed by atoms with Crippen molar-refractivity contribution in [3.63, 3.8) is 0 Å². The second kappa shape index (κ2) is 10.9. The van der Waals surface area contributed by atoms with Crippen LogP contribution in [0.4, 0.5) is 5.69 Å². The van der Waals surface area contributed by atoms with E-state index in [9.17, 15) is 4.79 Å². The first-order chi connectivity index (χ1) is 18.3. The SMILES string of the molecule is Cc1[nH]cnc1CC1c2ccccc2NN(CCc2ccccc2)C(=O)C1Cc1ccc(C(C)(C)C)cc1. The van der Waals surface area contributed by atoms with Gasteiger partial charge in [0.05, 0.1) is 23.6 Å². The number of benzene rings is 3. The lowest BCUT2D eigenvalue weighted by atomic mass is 9.78. The van der Waals surface area contributed by atoms with Crippen LogP contribution in [-0.4, -0.2) is 27.4 Å². The van der Waals surface area contributed by atoms with Crippen LogP contribution in [-0.2, 0) is 29.5 Å². The fourth-order valence-electron chi connectivity index (χ4n) is 5.44. The maximum atomic E-state index is 14.3. The van der Waals surface area contributed by atoms with Gasteiger partial charge in [0, 0.05) is 18.2 Å². The first kappa shape index (κ1) is 25.8. The van der Waals surface area contributed by atoms with Crippen molar-refractivity contribution in [2.24, 2.45) is 5.92 Å². The number of rotatable bonds is 7. The minimum Gasteiger partial charge on any atom is -0.348 e. The molecule has 1 amide bonds. The zero-order valence-electron chi connectivity index (χ0n) is 22.9. The Morgan fingerprint density at radius 1 is 0.842 bits per heavy atom. The van der Waals surface area contributed by atoms with E-state index >= 15 is 0 Å². The minimum atomic E-state index is -0.224. The number of carbonyl (C=O) groups is 1. The van der Waals surface area contributed by atoms with Gasteiger partial charge in [0.15, 0.2) is 0 Å². The molecule has 0 radical (unpaired) electrons. The number of para-hydroxylation sites is 1. The van der Waals surface area contributed by atoms with Gasteiger partial charge >= 0.3 is 0 Å². The quantitative estimate of drug-likeness (QED) is 0.296. The molecule has 0 fully saturated rings. The second-order valence-corrected chi connectivity index (χ2v) is 11.5. The number of hydrazine groups is 1. The number of hydrogen-bond acceptors (Lipinski definition) is 3. The van der Waals surface area contributed by atoms with Crippen LogP contribution >= 0.6 is 0 Å². The van der Waals surface area contributed by atoms with Crippen molar-refractivity contribution in [2.75, 3.05) is 12.0 Å². The smallest absolute Gasteiger partial charge is 0.244 e. The molecule has 5 nitrogen and oxygen atoms in total. The summed E-state index contributed by atoms with van der Waals surface area (Å²) in [5.41, 5.74) is 11.5. The van der Waals surface area contributed by atoms with E-state index in [0.29, 0.717) is 19.4 Å². The molecule has 0 saturated heterocycles. The van der Waals surface area contributed by atoms with Crippen molar-refractivity contribution in [1.82, 2.24) is 15.0 Å². The van der Waals surface area contributed by atoms with Crippen molar-refractivity contribution < 1.29 is 4.79 Å². The van der Waals surface area contributed by atoms with Gasteiger partial charge in [-0.2, -0.15) is 0 Å². The largest absolute Gasteiger partial charge is 0.348 e. The molecule has 2 heterocycles. The monoisotopic (exact) mass is 506 g/mol. The van der Waals surface area contributed by atoms with Crippen LogP contribution < -0.4 is 5.43 Å². The van der Waals surface area contributed by atoms with Crippen LogP contribution in [0.1, 0.15) is 60.3 Å². The third-order valence-corrected chi connectivity index (χ3v) is 7.77. The standard InChI is InChI=1S/C33H38N4O/c1-23-31(35-22-34-23)21-28-27-12-8-9-13-30(27)36-37(19-18-24-10-6-5-7-11-24)32(38)29(28)20-25-14-16-26(17-15-25)33(2,3)4/h5-17,22,28-29,36H,18-21H2,1-4H3,(H,34,35). The molecule has 5 heteroatoms. The summed E-state index contributed by atoms with van der Waals surface area (Å²) in [5.74, 6) is -0.0917. The molecular formula is C33H38N4O. The van der Waals surface area contributed by atoms with Crippen LogP contribution in [0.3, 0.4) is 0 Å². The Labute approximate surface area is 226 Å². The first-order valence-corrected chi connectivity index (χ1v) is 13.6. The summed E-state index contributed by atoms with van der Waals surface area (Å²) in [6.07, 6.45) is 3.92. The number of aromatic nitrogens is 2. The van der Waals surface area contributed by atoms with Crippen molar-refractivity contribution >= 4 is 11.6 Å². The zero-order valence-corrected chi connectivity index (χ0v) is 22.9. The number of carbonyl (C=O) groups excluding carboxylic acids is 1. The second-order valence-electron chi connectivity index (χ2n) is 11.5. The molecule has 2 unspecified atom stereocenters. The highest BCUT2D eigenvalue weighted by Crippen LogP contribution is 2.39. The molecule has 1 aliphatic rings. The van der Waals surface area contributed by atoms with Crippen LogP contribution in [0, 0.1) is 12.8 Å². The molecule has 1 aliphatic heterocycles. The lowest BCUT2D eigenvalue weighted by Crippen LogP contribution is -2.42. The van der Waals surface area contributed by atoms with Gasteiger partial charge in [0.2, 0.25) is 5.91 Å². The van der Waals surface area contributed by atoms with E-state index in [2.05, 4.69) is 110 Å². The van der Waals surface area contributed by atoms with Gasteiger partial charge in [0.1, 0.15) is 0 Å². The highest BCUT2D eigenvalue weighted by Gasteiger charge is 2.38. The van der Waals surface area contributed by atoms with Gasteiger partial charge < -0.3 is 4.98 Å². The molecule has 3 aromatic carbocycles. The molecule has 0 spiro atoms. The Balaban J connectivity index is 1.51. The Morgan fingerprint density at radius 2 is 1.55 bits per heavy atom. The summed E-state index contributed by atoms with van der Waals surface area (Å²) in [7, 11) is 0. The van der Waals surface area contributed by atoms with E-state index in [1.54, 1.807) is 6.33 Å². The van der Waals surface area contributed by atoms with E-state index in [1.807, 2.05) is 17.1 Å². The number of imidazole rings is 1.